The normalized spacial score (nSPS) is 17.1. The second-order valence-electron chi connectivity index (χ2n) is 6.94. The molecule has 1 aliphatic rings. The molecule has 3 aromatic rings. The molecular formula is C21H19ClFN3O2. The van der Waals surface area contributed by atoms with Crippen LogP contribution in [-0.4, -0.2) is 20.9 Å². The third-order valence-electron chi connectivity index (χ3n) is 5.15. The number of benzene rings is 2. The highest BCUT2D eigenvalue weighted by molar-refractivity contribution is 6.31. The summed E-state index contributed by atoms with van der Waals surface area (Å²) in [5.74, 6) is -0.277. The van der Waals surface area contributed by atoms with Crippen molar-refractivity contribution in [2.45, 2.75) is 25.6 Å². The molecule has 0 saturated carbocycles. The van der Waals surface area contributed by atoms with Gasteiger partial charge in [-0.3, -0.25) is 15.0 Å². The summed E-state index contributed by atoms with van der Waals surface area (Å²) < 4.78 is 15.7. The number of rotatable bonds is 4. The smallest absolute Gasteiger partial charge is 0.269 e. The molecule has 2 heterocycles. The van der Waals surface area contributed by atoms with Gasteiger partial charge in [-0.15, -0.1) is 0 Å². The first-order valence-corrected chi connectivity index (χ1v) is 9.48. The van der Waals surface area contributed by atoms with Crippen LogP contribution in [0.15, 0.2) is 60.8 Å². The average Bonchev–Trinajstić information content (AvgIpc) is 3.06. The topological polar surface area (TPSA) is 51.3 Å². The van der Waals surface area contributed by atoms with E-state index < -0.39 is 4.92 Å². The number of aromatic nitrogens is 1. The Labute approximate surface area is 167 Å². The lowest BCUT2D eigenvalue weighted by Gasteiger charge is -2.31. The molecule has 144 valence electrons. The number of fused-ring (bicyclic) bond motifs is 1. The van der Waals surface area contributed by atoms with Crippen LogP contribution >= 0.6 is 11.6 Å². The molecule has 0 spiro atoms. The molecule has 0 aliphatic carbocycles. The van der Waals surface area contributed by atoms with E-state index in [4.69, 9.17) is 11.6 Å². The van der Waals surface area contributed by atoms with E-state index in [2.05, 4.69) is 21.7 Å². The average molecular weight is 400 g/mol. The van der Waals surface area contributed by atoms with Crippen molar-refractivity contribution in [2.24, 2.45) is 0 Å². The Balaban J connectivity index is 1.75. The number of nitrogens with zero attached hydrogens (tertiary/aromatic N) is 3. The summed E-state index contributed by atoms with van der Waals surface area (Å²) in [6, 6.07) is 15.0. The van der Waals surface area contributed by atoms with Crippen molar-refractivity contribution in [2.75, 3.05) is 6.54 Å². The standard InChI is InChI=1S/C21H19ClFN3O2/c22-19-9-8-18(26(27)28)13-16(19)14-25-12-2-11-24-10-1-3-20(24)21(25)15-4-6-17(23)7-5-15/h1,3-10,13,21H,2,11-12,14H2/t21-/m1/s1. The monoisotopic (exact) mass is 399 g/mol. The van der Waals surface area contributed by atoms with Crippen molar-refractivity contribution in [3.8, 4) is 0 Å². The molecule has 0 fully saturated rings. The second kappa shape index (κ2) is 7.73. The summed E-state index contributed by atoms with van der Waals surface area (Å²) in [5, 5.41) is 11.7. The largest absolute Gasteiger partial charge is 0.350 e. The molecule has 7 heteroatoms. The number of nitro benzene ring substituents is 1. The van der Waals surface area contributed by atoms with Crippen LogP contribution in [0.3, 0.4) is 0 Å². The first-order chi connectivity index (χ1) is 13.5. The van der Waals surface area contributed by atoms with Gasteiger partial charge in [-0.2, -0.15) is 0 Å². The number of nitro groups is 1. The van der Waals surface area contributed by atoms with Gasteiger partial charge in [0.1, 0.15) is 5.82 Å². The van der Waals surface area contributed by atoms with Gasteiger partial charge in [0.2, 0.25) is 0 Å². The Hall–Kier alpha value is -2.70. The molecule has 1 aliphatic heterocycles. The van der Waals surface area contributed by atoms with Crippen LogP contribution in [0.1, 0.15) is 29.3 Å². The molecule has 0 N–H and O–H groups in total. The van der Waals surface area contributed by atoms with E-state index in [0.717, 1.165) is 30.8 Å². The molecule has 0 bridgehead atoms. The number of hydrogen-bond donors (Lipinski definition) is 0. The number of non-ortho nitro benzene ring substituents is 1. The first-order valence-electron chi connectivity index (χ1n) is 9.10. The van der Waals surface area contributed by atoms with Crippen molar-refractivity contribution < 1.29 is 9.31 Å². The number of aryl methyl sites for hydroxylation is 1. The van der Waals surface area contributed by atoms with Crippen LogP contribution in [0, 0.1) is 15.9 Å². The number of halogens is 2. The van der Waals surface area contributed by atoms with E-state index in [0.29, 0.717) is 17.1 Å². The van der Waals surface area contributed by atoms with E-state index in [9.17, 15) is 14.5 Å². The minimum absolute atomic E-state index is 0.0240. The van der Waals surface area contributed by atoms with Crippen molar-refractivity contribution in [3.05, 3.63) is 98.6 Å². The van der Waals surface area contributed by atoms with E-state index in [-0.39, 0.29) is 17.5 Å². The summed E-state index contributed by atoms with van der Waals surface area (Å²) in [6.07, 6.45) is 2.99. The molecular weight excluding hydrogens is 381 g/mol. The summed E-state index contributed by atoms with van der Waals surface area (Å²) in [6.45, 7) is 2.15. The van der Waals surface area contributed by atoms with Gasteiger partial charge in [-0.1, -0.05) is 23.7 Å². The maximum absolute atomic E-state index is 13.5. The molecule has 2 aromatic carbocycles. The molecule has 1 atom stereocenters. The Morgan fingerprint density at radius 1 is 1.14 bits per heavy atom. The van der Waals surface area contributed by atoms with Crippen LogP contribution in [0.5, 0.6) is 0 Å². The molecule has 28 heavy (non-hydrogen) atoms. The Morgan fingerprint density at radius 2 is 1.93 bits per heavy atom. The van der Waals surface area contributed by atoms with Gasteiger partial charge in [-0.05, 0) is 47.9 Å². The summed E-state index contributed by atoms with van der Waals surface area (Å²) in [7, 11) is 0. The Kier molecular flexibility index (Phi) is 5.15. The van der Waals surface area contributed by atoms with Gasteiger partial charge in [0.25, 0.3) is 5.69 Å². The van der Waals surface area contributed by atoms with Crippen molar-refractivity contribution in [3.63, 3.8) is 0 Å². The second-order valence-corrected chi connectivity index (χ2v) is 7.34. The maximum atomic E-state index is 13.5. The van der Waals surface area contributed by atoms with Gasteiger partial charge >= 0.3 is 0 Å². The zero-order chi connectivity index (χ0) is 19.7. The van der Waals surface area contributed by atoms with Crippen molar-refractivity contribution in [1.29, 1.82) is 0 Å². The highest BCUT2D eigenvalue weighted by atomic mass is 35.5. The quantitative estimate of drug-likeness (QED) is 0.448. The third kappa shape index (κ3) is 3.66. The molecule has 1 aromatic heterocycles. The van der Waals surface area contributed by atoms with Gasteiger partial charge < -0.3 is 4.57 Å². The van der Waals surface area contributed by atoms with Crippen LogP contribution < -0.4 is 0 Å². The lowest BCUT2D eigenvalue weighted by Crippen LogP contribution is -2.29. The lowest BCUT2D eigenvalue weighted by atomic mass is 10.0. The van der Waals surface area contributed by atoms with Crippen molar-refractivity contribution >= 4 is 17.3 Å². The fraction of sp³-hybridized carbons (Fsp3) is 0.238. The highest BCUT2D eigenvalue weighted by Gasteiger charge is 2.28. The fourth-order valence-electron chi connectivity index (χ4n) is 3.85. The van der Waals surface area contributed by atoms with Crippen LogP contribution in [0.4, 0.5) is 10.1 Å². The molecule has 0 saturated heterocycles. The third-order valence-corrected chi connectivity index (χ3v) is 5.52. The maximum Gasteiger partial charge on any atom is 0.269 e. The van der Waals surface area contributed by atoms with Crippen LogP contribution in [-0.2, 0) is 13.1 Å². The van der Waals surface area contributed by atoms with E-state index in [1.165, 1.54) is 24.3 Å². The van der Waals surface area contributed by atoms with Crippen molar-refractivity contribution in [1.82, 2.24) is 9.47 Å². The predicted molar refractivity (Wildman–Crippen MR) is 106 cm³/mol. The molecule has 0 unspecified atom stereocenters. The minimum atomic E-state index is -0.412. The zero-order valence-electron chi connectivity index (χ0n) is 15.1. The van der Waals surface area contributed by atoms with E-state index >= 15 is 0 Å². The molecule has 5 nitrogen and oxygen atoms in total. The minimum Gasteiger partial charge on any atom is -0.350 e. The van der Waals surface area contributed by atoms with E-state index in [1.807, 2.05) is 6.07 Å². The zero-order valence-corrected chi connectivity index (χ0v) is 15.8. The summed E-state index contributed by atoms with van der Waals surface area (Å²) in [5.41, 5.74) is 2.83. The SMILES string of the molecule is O=[N+]([O-])c1ccc(Cl)c(CN2CCCn3cccc3[C@H]2c2ccc(F)cc2)c1. The van der Waals surface area contributed by atoms with Gasteiger partial charge in [0.05, 0.1) is 11.0 Å². The molecule has 4 rings (SSSR count). The summed E-state index contributed by atoms with van der Waals surface area (Å²) >= 11 is 6.35. The van der Waals surface area contributed by atoms with Crippen LogP contribution in [0.25, 0.3) is 0 Å². The number of hydrogen-bond acceptors (Lipinski definition) is 3. The van der Waals surface area contributed by atoms with Gasteiger partial charge in [0.15, 0.2) is 0 Å². The Morgan fingerprint density at radius 3 is 2.68 bits per heavy atom. The molecule has 0 radical (unpaired) electrons. The Bertz CT molecular complexity index is 1000. The van der Waals surface area contributed by atoms with E-state index in [1.54, 1.807) is 18.2 Å². The highest BCUT2D eigenvalue weighted by Crippen LogP contribution is 2.34. The fourth-order valence-corrected chi connectivity index (χ4v) is 4.03. The van der Waals surface area contributed by atoms with Crippen LogP contribution in [0.2, 0.25) is 5.02 Å². The lowest BCUT2D eigenvalue weighted by molar-refractivity contribution is -0.384. The van der Waals surface area contributed by atoms with Gasteiger partial charge in [-0.25, -0.2) is 4.39 Å². The summed E-state index contributed by atoms with van der Waals surface area (Å²) in [4.78, 5) is 13.0. The molecule has 0 amide bonds. The van der Waals surface area contributed by atoms with Gasteiger partial charge in [0, 0.05) is 48.7 Å². The first kappa shape index (κ1) is 18.7. The predicted octanol–water partition coefficient (Wildman–Crippen LogP) is 5.18.